The molecular weight excluding hydrogens is 438 g/mol. The summed E-state index contributed by atoms with van der Waals surface area (Å²) in [6.45, 7) is 1.65. The van der Waals surface area contributed by atoms with Gasteiger partial charge < -0.3 is 10.1 Å². The molecule has 0 fully saturated rings. The third-order valence-electron chi connectivity index (χ3n) is 4.92. The predicted molar refractivity (Wildman–Crippen MR) is 104 cm³/mol. The largest absolute Gasteiger partial charge is 0.482 e. The standard InChI is InChI=1S/C19H15BrF2N2O2S/c1-18(11-4-3-5-13(21)15(11)22)9-19(16(25)23-17(24-19)27-2)12-8-10(20)6-7-14(12)26-18/h3-8H,9H2,1-2H3,(H,23,24,25)/t18-,19?/m1/s1. The van der Waals surface area contributed by atoms with E-state index in [-0.39, 0.29) is 17.9 Å². The van der Waals surface area contributed by atoms with Crippen LogP contribution in [-0.2, 0) is 15.9 Å². The molecule has 27 heavy (non-hydrogen) atoms. The summed E-state index contributed by atoms with van der Waals surface area (Å²) in [6, 6.07) is 9.21. The van der Waals surface area contributed by atoms with E-state index in [4.69, 9.17) is 4.74 Å². The second-order valence-electron chi connectivity index (χ2n) is 6.69. The van der Waals surface area contributed by atoms with Crippen molar-refractivity contribution in [2.75, 3.05) is 6.26 Å². The van der Waals surface area contributed by atoms with Gasteiger partial charge in [-0.05, 0) is 37.4 Å². The minimum atomic E-state index is -1.28. The van der Waals surface area contributed by atoms with E-state index in [0.717, 1.165) is 10.5 Å². The zero-order valence-electron chi connectivity index (χ0n) is 14.5. The number of ether oxygens (including phenoxy) is 1. The lowest BCUT2D eigenvalue weighted by molar-refractivity contribution is -0.127. The minimum Gasteiger partial charge on any atom is -0.482 e. The van der Waals surface area contributed by atoms with Crippen molar-refractivity contribution in [3.8, 4) is 5.75 Å². The van der Waals surface area contributed by atoms with Gasteiger partial charge in [0.05, 0.1) is 0 Å². The van der Waals surface area contributed by atoms with Gasteiger partial charge in [-0.15, -0.1) is 0 Å². The van der Waals surface area contributed by atoms with Crippen LogP contribution in [0.1, 0.15) is 24.5 Å². The fourth-order valence-corrected chi connectivity index (χ4v) is 4.49. The fraction of sp³-hybridized carbons (Fsp3) is 0.263. The third-order valence-corrected chi connectivity index (χ3v) is 5.99. The number of hydrogen-bond acceptors (Lipinski definition) is 4. The number of carbonyl (C=O) groups excluding carboxylic acids is 1. The number of amides is 1. The zero-order valence-corrected chi connectivity index (χ0v) is 16.9. The number of aliphatic imine (C=N–C) groups is 1. The van der Waals surface area contributed by atoms with Gasteiger partial charge in [0.15, 0.2) is 22.3 Å². The molecule has 0 saturated heterocycles. The van der Waals surface area contributed by atoms with Crippen LogP contribution < -0.4 is 10.1 Å². The number of benzene rings is 2. The van der Waals surface area contributed by atoms with Crippen molar-refractivity contribution in [3.05, 3.63) is 63.6 Å². The molecule has 8 heteroatoms. The van der Waals surface area contributed by atoms with Gasteiger partial charge in [0.2, 0.25) is 0 Å². The van der Waals surface area contributed by atoms with Crippen molar-refractivity contribution in [3.63, 3.8) is 0 Å². The normalized spacial score (nSPS) is 26.4. The number of nitrogens with zero attached hydrogens (tertiary/aromatic N) is 1. The summed E-state index contributed by atoms with van der Waals surface area (Å²) in [7, 11) is 0. The second kappa shape index (κ2) is 6.31. The fourth-order valence-electron chi connectivity index (χ4n) is 3.69. The van der Waals surface area contributed by atoms with Crippen molar-refractivity contribution in [1.82, 2.24) is 5.32 Å². The summed E-state index contributed by atoms with van der Waals surface area (Å²) < 4.78 is 35.3. The highest BCUT2D eigenvalue weighted by atomic mass is 79.9. The molecule has 2 aromatic rings. The Balaban J connectivity index is 1.95. The molecule has 0 saturated carbocycles. The Morgan fingerprint density at radius 3 is 2.74 bits per heavy atom. The number of rotatable bonds is 1. The number of amidine groups is 1. The molecule has 2 aromatic carbocycles. The molecule has 2 atom stereocenters. The first-order valence-electron chi connectivity index (χ1n) is 8.18. The summed E-state index contributed by atoms with van der Waals surface area (Å²) in [5, 5.41) is 3.26. The van der Waals surface area contributed by atoms with E-state index in [0.29, 0.717) is 16.5 Å². The van der Waals surface area contributed by atoms with Crippen LogP contribution in [0.2, 0.25) is 0 Å². The van der Waals surface area contributed by atoms with E-state index in [1.54, 1.807) is 25.1 Å². The molecule has 140 valence electrons. The van der Waals surface area contributed by atoms with Gasteiger partial charge in [0.25, 0.3) is 5.91 Å². The summed E-state index contributed by atoms with van der Waals surface area (Å²) in [5.74, 6) is -1.84. The van der Waals surface area contributed by atoms with E-state index >= 15 is 0 Å². The molecule has 1 spiro atoms. The molecule has 0 radical (unpaired) electrons. The summed E-state index contributed by atoms with van der Waals surface area (Å²) in [6.07, 6.45) is 1.85. The Labute approximate surface area is 167 Å². The SMILES string of the molecule is CSC1=NC2(C[C@](C)(c3cccc(F)c3F)Oc3ccc(Br)cc32)C(=O)N1. The average Bonchev–Trinajstić information content (AvgIpc) is 2.94. The maximum atomic E-state index is 14.6. The Morgan fingerprint density at radius 2 is 2.04 bits per heavy atom. The van der Waals surface area contributed by atoms with Gasteiger partial charge >= 0.3 is 0 Å². The Kier molecular flexibility index (Phi) is 4.31. The first-order chi connectivity index (χ1) is 12.8. The van der Waals surface area contributed by atoms with Gasteiger partial charge in [-0.1, -0.05) is 39.8 Å². The number of halogens is 3. The van der Waals surface area contributed by atoms with Gasteiger partial charge in [0.1, 0.15) is 11.4 Å². The number of nitrogens with one attached hydrogen (secondary N) is 1. The molecule has 2 heterocycles. The number of fused-ring (bicyclic) bond motifs is 2. The number of carbonyl (C=O) groups is 1. The first-order valence-corrected chi connectivity index (χ1v) is 10.2. The van der Waals surface area contributed by atoms with Crippen LogP contribution in [-0.4, -0.2) is 17.3 Å². The summed E-state index contributed by atoms with van der Waals surface area (Å²) >= 11 is 4.73. The van der Waals surface area contributed by atoms with Gasteiger partial charge in [-0.25, -0.2) is 13.8 Å². The molecule has 1 N–H and O–H groups in total. The van der Waals surface area contributed by atoms with Crippen molar-refractivity contribution in [2.24, 2.45) is 4.99 Å². The zero-order chi connectivity index (χ0) is 19.4. The molecule has 0 bridgehead atoms. The summed E-state index contributed by atoms with van der Waals surface area (Å²) in [4.78, 5) is 17.6. The molecule has 4 rings (SSSR count). The van der Waals surface area contributed by atoms with E-state index in [9.17, 15) is 13.6 Å². The molecule has 0 aliphatic carbocycles. The van der Waals surface area contributed by atoms with E-state index in [1.807, 2.05) is 6.26 Å². The predicted octanol–water partition coefficient (Wildman–Crippen LogP) is 4.47. The smallest absolute Gasteiger partial charge is 0.258 e. The molecule has 1 unspecified atom stereocenters. The van der Waals surface area contributed by atoms with Crippen LogP contribution in [0.15, 0.2) is 45.9 Å². The highest BCUT2D eigenvalue weighted by Crippen LogP contribution is 2.52. The maximum Gasteiger partial charge on any atom is 0.258 e. The van der Waals surface area contributed by atoms with Gasteiger partial charge in [-0.2, -0.15) is 0 Å². The van der Waals surface area contributed by atoms with Crippen molar-refractivity contribution in [2.45, 2.75) is 24.5 Å². The molecule has 2 aliphatic heterocycles. The van der Waals surface area contributed by atoms with Crippen LogP contribution in [0.3, 0.4) is 0 Å². The van der Waals surface area contributed by atoms with Crippen LogP contribution in [0.4, 0.5) is 8.78 Å². The lowest BCUT2D eigenvalue weighted by Crippen LogP contribution is -2.48. The molecular formula is C19H15BrF2N2O2S. The number of thioether (sulfide) groups is 1. The van der Waals surface area contributed by atoms with Gasteiger partial charge in [0, 0.05) is 22.0 Å². The second-order valence-corrected chi connectivity index (χ2v) is 8.40. The molecule has 2 aliphatic rings. The number of hydrogen-bond donors (Lipinski definition) is 1. The quantitative estimate of drug-likeness (QED) is 0.694. The highest BCUT2D eigenvalue weighted by Gasteiger charge is 2.56. The van der Waals surface area contributed by atoms with E-state index in [1.165, 1.54) is 23.9 Å². The molecule has 0 aromatic heterocycles. The van der Waals surface area contributed by atoms with E-state index < -0.39 is 22.8 Å². The Bertz CT molecular complexity index is 1000. The van der Waals surface area contributed by atoms with Gasteiger partial charge in [-0.3, -0.25) is 4.79 Å². The molecule has 1 amide bonds. The lowest BCUT2D eigenvalue weighted by atomic mass is 9.74. The Hall–Kier alpha value is -1.93. The van der Waals surface area contributed by atoms with Crippen LogP contribution in [0.5, 0.6) is 5.75 Å². The summed E-state index contributed by atoms with van der Waals surface area (Å²) in [5.41, 5.74) is -1.91. The van der Waals surface area contributed by atoms with Crippen molar-refractivity contribution < 1.29 is 18.3 Å². The topological polar surface area (TPSA) is 50.7 Å². The van der Waals surface area contributed by atoms with E-state index in [2.05, 4.69) is 26.2 Å². The highest BCUT2D eigenvalue weighted by molar-refractivity contribution is 9.10. The van der Waals surface area contributed by atoms with Crippen LogP contribution in [0, 0.1) is 11.6 Å². The maximum absolute atomic E-state index is 14.6. The average molecular weight is 453 g/mol. The molecule has 4 nitrogen and oxygen atoms in total. The monoisotopic (exact) mass is 452 g/mol. The lowest BCUT2D eigenvalue weighted by Gasteiger charge is -2.43. The van der Waals surface area contributed by atoms with Crippen molar-refractivity contribution >= 4 is 38.8 Å². The van der Waals surface area contributed by atoms with Crippen LogP contribution >= 0.6 is 27.7 Å². The minimum absolute atomic E-state index is 0.0414. The van der Waals surface area contributed by atoms with Crippen LogP contribution in [0.25, 0.3) is 0 Å². The van der Waals surface area contributed by atoms with Crippen molar-refractivity contribution in [1.29, 1.82) is 0 Å². The Morgan fingerprint density at radius 1 is 1.26 bits per heavy atom. The first kappa shape index (κ1) is 18.4. The third kappa shape index (κ3) is 2.77.